The highest BCUT2D eigenvalue weighted by atomic mass is 32.1. The van der Waals surface area contributed by atoms with Crippen LogP contribution >= 0.6 is 11.3 Å². The smallest absolute Gasteiger partial charge is 0.263 e. The third kappa shape index (κ3) is 3.64. The van der Waals surface area contributed by atoms with Crippen LogP contribution in [0, 0.1) is 18.6 Å². The fraction of sp³-hybridized carbons (Fsp3) is 0.444. The van der Waals surface area contributed by atoms with Gasteiger partial charge < -0.3 is 5.32 Å². The van der Waals surface area contributed by atoms with E-state index in [4.69, 9.17) is 0 Å². The van der Waals surface area contributed by atoms with Crippen molar-refractivity contribution in [3.8, 4) is 10.6 Å². The fourth-order valence-electron chi connectivity index (χ4n) is 3.09. The minimum atomic E-state index is -0.667. The Morgan fingerprint density at radius 3 is 2.42 bits per heavy atom. The lowest BCUT2D eigenvalue weighted by Gasteiger charge is -2.15. The van der Waals surface area contributed by atoms with Crippen molar-refractivity contribution in [1.82, 2.24) is 10.3 Å². The Kier molecular flexibility index (Phi) is 5.23. The molecule has 0 radical (unpaired) electrons. The highest BCUT2D eigenvalue weighted by Crippen LogP contribution is 2.32. The van der Waals surface area contributed by atoms with Gasteiger partial charge in [0.2, 0.25) is 0 Å². The van der Waals surface area contributed by atoms with Gasteiger partial charge in [0.1, 0.15) is 21.5 Å². The third-order valence-electron chi connectivity index (χ3n) is 4.37. The molecular formula is C18H20F2N2OS. The maximum absolute atomic E-state index is 13.9. The number of nitrogens with zero attached hydrogens (tertiary/aromatic N) is 1. The van der Waals surface area contributed by atoms with E-state index in [1.807, 2.05) is 0 Å². The summed E-state index contributed by atoms with van der Waals surface area (Å²) in [7, 11) is 0. The number of aromatic nitrogens is 1. The number of carbonyl (C=O) groups excluding carboxylic acids is 1. The largest absolute Gasteiger partial charge is 0.349 e. The summed E-state index contributed by atoms with van der Waals surface area (Å²) in [4.78, 5) is 17.2. The van der Waals surface area contributed by atoms with Gasteiger partial charge >= 0.3 is 0 Å². The van der Waals surface area contributed by atoms with E-state index in [1.54, 1.807) is 6.92 Å². The van der Waals surface area contributed by atoms with Gasteiger partial charge in [-0.1, -0.05) is 31.7 Å². The molecule has 0 spiro atoms. The molecule has 0 bridgehead atoms. The van der Waals surface area contributed by atoms with E-state index < -0.39 is 11.6 Å². The molecule has 1 heterocycles. The maximum Gasteiger partial charge on any atom is 0.263 e. The van der Waals surface area contributed by atoms with Crippen molar-refractivity contribution in [1.29, 1.82) is 0 Å². The van der Waals surface area contributed by atoms with Crippen molar-refractivity contribution in [3.63, 3.8) is 0 Å². The average Bonchev–Trinajstić information content (AvgIpc) is 2.75. The predicted octanol–water partition coefficient (Wildman–Crippen LogP) is 4.85. The number of amides is 1. The summed E-state index contributed by atoms with van der Waals surface area (Å²) in [6.45, 7) is 1.70. The summed E-state index contributed by atoms with van der Waals surface area (Å²) in [5, 5.41) is 3.26. The fourth-order valence-corrected chi connectivity index (χ4v) is 4.11. The van der Waals surface area contributed by atoms with Gasteiger partial charge in [-0.25, -0.2) is 13.8 Å². The first kappa shape index (κ1) is 17.0. The summed E-state index contributed by atoms with van der Waals surface area (Å²) in [5.74, 6) is -1.53. The zero-order valence-electron chi connectivity index (χ0n) is 13.6. The van der Waals surface area contributed by atoms with Gasteiger partial charge in [0.05, 0.1) is 11.3 Å². The number of carbonyl (C=O) groups is 1. The molecule has 128 valence electrons. The number of aryl methyl sites for hydroxylation is 1. The molecule has 2 aromatic rings. The van der Waals surface area contributed by atoms with Crippen LogP contribution in [0.5, 0.6) is 0 Å². The van der Waals surface area contributed by atoms with Gasteiger partial charge in [0.25, 0.3) is 5.91 Å². The monoisotopic (exact) mass is 350 g/mol. The number of hydrogen-bond donors (Lipinski definition) is 1. The van der Waals surface area contributed by atoms with Crippen molar-refractivity contribution in [2.24, 2.45) is 0 Å². The van der Waals surface area contributed by atoms with Crippen molar-refractivity contribution in [2.45, 2.75) is 51.5 Å². The average molecular weight is 350 g/mol. The van der Waals surface area contributed by atoms with Gasteiger partial charge in [0, 0.05) is 6.04 Å². The van der Waals surface area contributed by atoms with Gasteiger partial charge in [-0.05, 0) is 31.9 Å². The first-order valence-corrected chi connectivity index (χ1v) is 9.10. The van der Waals surface area contributed by atoms with Crippen LogP contribution in [0.15, 0.2) is 18.2 Å². The molecule has 24 heavy (non-hydrogen) atoms. The standard InChI is InChI=1S/C18H20F2N2OS/c1-11-16(17(23)22-12-7-4-2-3-5-8-12)24-18(21-11)15-13(19)9-6-10-14(15)20/h6,9-10,12H,2-5,7-8H2,1H3,(H,22,23). The SMILES string of the molecule is Cc1nc(-c2c(F)cccc2F)sc1C(=O)NC1CCCCCC1. The quantitative estimate of drug-likeness (QED) is 0.804. The Morgan fingerprint density at radius 2 is 1.79 bits per heavy atom. The summed E-state index contributed by atoms with van der Waals surface area (Å²) >= 11 is 1.04. The second-order valence-electron chi connectivity index (χ2n) is 6.19. The topological polar surface area (TPSA) is 42.0 Å². The van der Waals surface area contributed by atoms with Crippen LogP contribution in [0.25, 0.3) is 10.6 Å². The van der Waals surface area contributed by atoms with E-state index in [2.05, 4.69) is 10.3 Å². The van der Waals surface area contributed by atoms with Crippen LogP contribution in [0.2, 0.25) is 0 Å². The third-order valence-corrected chi connectivity index (χ3v) is 5.54. The molecule has 3 nitrogen and oxygen atoms in total. The van der Waals surface area contributed by atoms with E-state index in [0.29, 0.717) is 10.6 Å². The van der Waals surface area contributed by atoms with Crippen LogP contribution in [0.3, 0.4) is 0 Å². The van der Waals surface area contributed by atoms with Crippen molar-refractivity contribution in [3.05, 3.63) is 40.4 Å². The summed E-state index contributed by atoms with van der Waals surface area (Å²) in [5.41, 5.74) is 0.336. The first-order valence-electron chi connectivity index (χ1n) is 8.29. The Hall–Kier alpha value is -1.82. The van der Waals surface area contributed by atoms with Crippen LogP contribution in [0.4, 0.5) is 8.78 Å². The molecule has 1 aliphatic carbocycles. The number of thiazole rings is 1. The lowest BCUT2D eigenvalue weighted by molar-refractivity contribution is 0.0936. The molecule has 1 saturated carbocycles. The van der Waals surface area contributed by atoms with Crippen LogP contribution in [-0.4, -0.2) is 16.9 Å². The first-order chi connectivity index (χ1) is 11.6. The van der Waals surface area contributed by atoms with Crippen molar-refractivity contribution in [2.75, 3.05) is 0 Å². The Morgan fingerprint density at radius 1 is 1.17 bits per heavy atom. The highest BCUT2D eigenvalue weighted by Gasteiger charge is 2.22. The minimum Gasteiger partial charge on any atom is -0.349 e. The van der Waals surface area contributed by atoms with E-state index in [0.717, 1.165) is 37.0 Å². The zero-order valence-corrected chi connectivity index (χ0v) is 14.4. The molecule has 1 aromatic heterocycles. The number of hydrogen-bond acceptors (Lipinski definition) is 3. The second-order valence-corrected chi connectivity index (χ2v) is 7.19. The van der Waals surface area contributed by atoms with Gasteiger partial charge in [-0.15, -0.1) is 11.3 Å². The lowest BCUT2D eigenvalue weighted by atomic mass is 10.1. The molecule has 1 aromatic carbocycles. The number of halogens is 2. The highest BCUT2D eigenvalue weighted by molar-refractivity contribution is 7.17. The molecule has 1 N–H and O–H groups in total. The van der Waals surface area contributed by atoms with E-state index in [1.165, 1.54) is 31.0 Å². The molecule has 3 rings (SSSR count). The summed E-state index contributed by atoms with van der Waals surface area (Å²) in [6, 6.07) is 3.88. The van der Waals surface area contributed by atoms with Crippen LogP contribution < -0.4 is 5.32 Å². The lowest BCUT2D eigenvalue weighted by Crippen LogP contribution is -2.34. The van der Waals surface area contributed by atoms with Gasteiger partial charge in [-0.2, -0.15) is 0 Å². The molecule has 1 amide bonds. The Labute approximate surface area is 144 Å². The molecule has 6 heteroatoms. The Bertz CT molecular complexity index is 716. The molecule has 1 fully saturated rings. The van der Waals surface area contributed by atoms with Crippen molar-refractivity contribution < 1.29 is 13.6 Å². The molecule has 0 atom stereocenters. The predicted molar refractivity (Wildman–Crippen MR) is 91.2 cm³/mol. The maximum atomic E-state index is 13.9. The molecule has 0 saturated heterocycles. The summed E-state index contributed by atoms with van der Waals surface area (Å²) < 4.78 is 27.8. The van der Waals surface area contributed by atoms with Crippen LogP contribution in [0.1, 0.15) is 53.9 Å². The molecule has 0 aliphatic heterocycles. The van der Waals surface area contributed by atoms with Gasteiger partial charge in [-0.3, -0.25) is 4.79 Å². The minimum absolute atomic E-state index is 0.167. The normalized spacial score (nSPS) is 16.0. The van der Waals surface area contributed by atoms with Gasteiger partial charge in [0.15, 0.2) is 0 Å². The van der Waals surface area contributed by atoms with E-state index in [9.17, 15) is 13.6 Å². The second kappa shape index (κ2) is 7.38. The summed E-state index contributed by atoms with van der Waals surface area (Å²) in [6.07, 6.45) is 6.64. The number of nitrogens with one attached hydrogen (secondary N) is 1. The van der Waals surface area contributed by atoms with E-state index >= 15 is 0 Å². The molecule has 0 unspecified atom stereocenters. The zero-order chi connectivity index (χ0) is 17.1. The Balaban J connectivity index is 1.82. The number of benzene rings is 1. The van der Waals surface area contributed by atoms with E-state index in [-0.39, 0.29) is 22.5 Å². The van der Waals surface area contributed by atoms with Crippen LogP contribution in [-0.2, 0) is 0 Å². The molecule has 1 aliphatic rings. The molecular weight excluding hydrogens is 330 g/mol. The number of rotatable bonds is 3. The van der Waals surface area contributed by atoms with Crippen molar-refractivity contribution >= 4 is 17.2 Å².